The number of hydrogen-bond donors (Lipinski definition) is 1. The molecule has 0 heterocycles. The Morgan fingerprint density at radius 1 is 1.54 bits per heavy atom. The largest absolute Gasteiger partial charge is 0.379 e. The number of nitrogens with one attached hydrogen (secondary N) is 1. The molecular formula is C11H23NO. The van der Waals surface area contributed by atoms with Crippen molar-refractivity contribution in [1.29, 1.82) is 0 Å². The van der Waals surface area contributed by atoms with Gasteiger partial charge in [0.25, 0.3) is 0 Å². The molecule has 0 amide bonds. The van der Waals surface area contributed by atoms with Crippen LogP contribution in [0.5, 0.6) is 0 Å². The summed E-state index contributed by atoms with van der Waals surface area (Å²) in [6, 6.07) is 0.484. The number of methoxy groups -OCH3 is 1. The molecular weight excluding hydrogens is 162 g/mol. The lowest BCUT2D eigenvalue weighted by atomic mass is 9.97. The predicted octanol–water partition coefficient (Wildman–Crippen LogP) is 2.36. The molecule has 0 aromatic rings. The van der Waals surface area contributed by atoms with E-state index in [1.165, 1.54) is 0 Å². The Balaban J connectivity index is 3.99. The second-order valence-corrected chi connectivity index (χ2v) is 3.95. The van der Waals surface area contributed by atoms with E-state index in [1.807, 2.05) is 6.08 Å². The van der Waals surface area contributed by atoms with Crippen molar-refractivity contribution in [2.24, 2.45) is 0 Å². The average molecular weight is 185 g/mol. The zero-order chi connectivity index (χ0) is 10.3. The first-order valence-corrected chi connectivity index (χ1v) is 4.95. The molecule has 0 rings (SSSR count). The van der Waals surface area contributed by atoms with Crippen molar-refractivity contribution in [1.82, 2.24) is 5.32 Å². The van der Waals surface area contributed by atoms with Gasteiger partial charge in [0, 0.05) is 13.2 Å². The summed E-state index contributed by atoms with van der Waals surface area (Å²) in [5.74, 6) is 0. The molecule has 0 aliphatic rings. The predicted molar refractivity (Wildman–Crippen MR) is 58.0 cm³/mol. The molecule has 1 unspecified atom stereocenters. The van der Waals surface area contributed by atoms with Gasteiger partial charge in [0.1, 0.15) is 0 Å². The average Bonchev–Trinajstić information content (AvgIpc) is 2.05. The molecule has 0 spiro atoms. The van der Waals surface area contributed by atoms with Crippen LogP contribution in [0.3, 0.4) is 0 Å². The van der Waals surface area contributed by atoms with Crippen molar-refractivity contribution in [3.8, 4) is 0 Å². The van der Waals surface area contributed by atoms with Gasteiger partial charge in [-0.2, -0.15) is 0 Å². The molecule has 0 bridgehead atoms. The molecule has 0 aromatic carbocycles. The molecule has 13 heavy (non-hydrogen) atoms. The minimum Gasteiger partial charge on any atom is -0.379 e. The van der Waals surface area contributed by atoms with Crippen LogP contribution in [0.25, 0.3) is 0 Å². The van der Waals surface area contributed by atoms with E-state index in [2.05, 4.69) is 32.7 Å². The lowest BCUT2D eigenvalue weighted by Gasteiger charge is -2.28. The summed E-state index contributed by atoms with van der Waals surface area (Å²) in [6.07, 6.45) is 3.98. The van der Waals surface area contributed by atoms with Crippen LogP contribution in [-0.4, -0.2) is 25.3 Å². The van der Waals surface area contributed by atoms with Gasteiger partial charge in [-0.1, -0.05) is 13.0 Å². The molecule has 0 saturated carbocycles. The normalized spacial score (nSPS) is 14.2. The van der Waals surface area contributed by atoms with Crippen molar-refractivity contribution < 1.29 is 4.74 Å². The van der Waals surface area contributed by atoms with E-state index < -0.39 is 0 Å². The highest BCUT2D eigenvalue weighted by Crippen LogP contribution is 2.17. The summed E-state index contributed by atoms with van der Waals surface area (Å²) in [4.78, 5) is 0. The zero-order valence-electron chi connectivity index (χ0n) is 9.39. The van der Waals surface area contributed by atoms with Gasteiger partial charge in [-0.05, 0) is 33.2 Å². The Morgan fingerprint density at radius 2 is 2.15 bits per heavy atom. The maximum atomic E-state index is 5.39. The van der Waals surface area contributed by atoms with Crippen LogP contribution in [0.1, 0.15) is 33.6 Å². The maximum Gasteiger partial charge on any atom is 0.0637 e. The minimum absolute atomic E-state index is 0.0458. The van der Waals surface area contributed by atoms with Gasteiger partial charge in [0.05, 0.1) is 5.60 Å². The van der Waals surface area contributed by atoms with E-state index in [1.54, 1.807) is 7.11 Å². The molecule has 0 aliphatic heterocycles. The lowest BCUT2D eigenvalue weighted by Crippen LogP contribution is -2.37. The Kier molecular flexibility index (Phi) is 6.00. The number of rotatable bonds is 7. The highest BCUT2D eigenvalue weighted by atomic mass is 16.5. The molecule has 1 N–H and O–H groups in total. The van der Waals surface area contributed by atoms with Gasteiger partial charge in [0.15, 0.2) is 0 Å². The first kappa shape index (κ1) is 12.7. The van der Waals surface area contributed by atoms with Crippen LogP contribution in [0, 0.1) is 0 Å². The summed E-state index contributed by atoms with van der Waals surface area (Å²) < 4.78 is 5.39. The quantitative estimate of drug-likeness (QED) is 0.615. The number of ether oxygens (including phenoxy) is 1. The van der Waals surface area contributed by atoms with Crippen LogP contribution in [0.2, 0.25) is 0 Å². The fourth-order valence-electron chi connectivity index (χ4n) is 1.41. The molecule has 0 saturated heterocycles. The number of hydrogen-bond acceptors (Lipinski definition) is 2. The Labute approximate surface area is 82.4 Å². The van der Waals surface area contributed by atoms with E-state index in [4.69, 9.17) is 4.74 Å². The summed E-state index contributed by atoms with van der Waals surface area (Å²) >= 11 is 0. The van der Waals surface area contributed by atoms with Gasteiger partial charge >= 0.3 is 0 Å². The summed E-state index contributed by atoms with van der Waals surface area (Å²) in [7, 11) is 1.76. The lowest BCUT2D eigenvalue weighted by molar-refractivity contribution is 0.00748. The minimum atomic E-state index is -0.0458. The van der Waals surface area contributed by atoms with Crippen molar-refractivity contribution in [2.75, 3.05) is 13.7 Å². The van der Waals surface area contributed by atoms with Crippen molar-refractivity contribution in [3.05, 3.63) is 12.7 Å². The zero-order valence-corrected chi connectivity index (χ0v) is 9.39. The molecule has 78 valence electrons. The highest BCUT2D eigenvalue weighted by molar-refractivity contribution is 4.83. The summed E-state index contributed by atoms with van der Waals surface area (Å²) in [6.45, 7) is 11.1. The molecule has 0 aliphatic carbocycles. The standard InChI is InChI=1S/C11H23NO/c1-6-8-10(12-7-2)9-11(3,4)13-5/h6,10,12H,1,7-9H2,2-5H3. The van der Waals surface area contributed by atoms with Crippen LogP contribution >= 0.6 is 0 Å². The van der Waals surface area contributed by atoms with Crippen LogP contribution in [0.15, 0.2) is 12.7 Å². The van der Waals surface area contributed by atoms with E-state index in [0.29, 0.717) is 6.04 Å². The first-order chi connectivity index (χ1) is 6.05. The second-order valence-electron chi connectivity index (χ2n) is 3.95. The summed E-state index contributed by atoms with van der Waals surface area (Å²) in [5.41, 5.74) is -0.0458. The van der Waals surface area contributed by atoms with Gasteiger partial charge in [-0.3, -0.25) is 0 Å². The fraction of sp³-hybridized carbons (Fsp3) is 0.818. The third kappa shape index (κ3) is 5.83. The monoisotopic (exact) mass is 185 g/mol. The fourth-order valence-corrected chi connectivity index (χ4v) is 1.41. The van der Waals surface area contributed by atoms with E-state index in [-0.39, 0.29) is 5.60 Å². The van der Waals surface area contributed by atoms with Gasteiger partial charge < -0.3 is 10.1 Å². The van der Waals surface area contributed by atoms with E-state index >= 15 is 0 Å². The smallest absolute Gasteiger partial charge is 0.0637 e. The Hall–Kier alpha value is -0.340. The van der Waals surface area contributed by atoms with Gasteiger partial charge in [-0.25, -0.2) is 0 Å². The van der Waals surface area contributed by atoms with Crippen molar-refractivity contribution >= 4 is 0 Å². The van der Waals surface area contributed by atoms with Crippen molar-refractivity contribution in [3.63, 3.8) is 0 Å². The SMILES string of the molecule is C=CCC(CC(C)(C)OC)NCC. The topological polar surface area (TPSA) is 21.3 Å². The molecule has 2 heteroatoms. The molecule has 1 atom stereocenters. The Morgan fingerprint density at radius 3 is 2.54 bits per heavy atom. The summed E-state index contributed by atoms with van der Waals surface area (Å²) in [5, 5.41) is 3.42. The van der Waals surface area contributed by atoms with Crippen molar-refractivity contribution in [2.45, 2.75) is 45.3 Å². The molecule has 0 radical (unpaired) electrons. The van der Waals surface area contributed by atoms with Crippen LogP contribution < -0.4 is 5.32 Å². The van der Waals surface area contributed by atoms with Crippen LogP contribution in [-0.2, 0) is 4.74 Å². The Bertz CT molecular complexity index is 143. The van der Waals surface area contributed by atoms with E-state index in [9.17, 15) is 0 Å². The third-order valence-electron chi connectivity index (χ3n) is 2.23. The molecule has 0 aromatic heterocycles. The van der Waals surface area contributed by atoms with Gasteiger partial charge in [-0.15, -0.1) is 6.58 Å². The van der Waals surface area contributed by atoms with Crippen LogP contribution in [0.4, 0.5) is 0 Å². The van der Waals surface area contributed by atoms with Gasteiger partial charge in [0.2, 0.25) is 0 Å². The van der Waals surface area contributed by atoms with E-state index in [0.717, 1.165) is 19.4 Å². The molecule has 2 nitrogen and oxygen atoms in total. The molecule has 0 fully saturated rings. The highest BCUT2D eigenvalue weighted by Gasteiger charge is 2.21. The first-order valence-electron chi connectivity index (χ1n) is 4.95. The third-order valence-corrected chi connectivity index (χ3v) is 2.23. The second kappa shape index (κ2) is 6.17. The maximum absolute atomic E-state index is 5.39.